The Bertz CT molecular complexity index is 1380. The molecule has 1 aliphatic rings. The van der Waals surface area contributed by atoms with Crippen LogP contribution in [0.15, 0.2) is 89.7 Å². The lowest BCUT2D eigenvalue weighted by atomic mass is 10.1. The molecule has 0 atom stereocenters. The lowest BCUT2D eigenvalue weighted by Crippen LogP contribution is -2.29. The number of aromatic nitrogens is 2. The molecule has 0 aliphatic carbocycles. The molecule has 5 rings (SSSR count). The zero-order valence-corrected chi connectivity index (χ0v) is 18.8. The minimum atomic E-state index is -0.371. The molecule has 2 heterocycles. The predicted octanol–water partition coefficient (Wildman–Crippen LogP) is 4.50. The van der Waals surface area contributed by atoms with Gasteiger partial charge in [0.25, 0.3) is 5.56 Å². The number of carbonyl (C=O) groups excluding carboxylic acids is 1. The van der Waals surface area contributed by atoms with Crippen molar-refractivity contribution in [3.63, 3.8) is 0 Å². The van der Waals surface area contributed by atoms with Crippen molar-refractivity contribution in [2.45, 2.75) is 13.0 Å². The first kappa shape index (κ1) is 22.2. The minimum Gasteiger partial charge on any atom is -0.490 e. The second-order valence-electron chi connectivity index (χ2n) is 7.91. The van der Waals surface area contributed by atoms with Crippen LogP contribution in [0.2, 0.25) is 0 Å². The van der Waals surface area contributed by atoms with Gasteiger partial charge >= 0.3 is 0 Å². The number of fused-ring (bicyclic) bond motifs is 1. The number of nitrogens with one attached hydrogen (secondary N) is 1. The third kappa shape index (κ3) is 5.50. The topological polar surface area (TPSA) is 91.7 Å². The van der Waals surface area contributed by atoms with Crippen LogP contribution in [-0.4, -0.2) is 28.9 Å². The van der Waals surface area contributed by atoms with Crippen molar-refractivity contribution in [1.82, 2.24) is 9.78 Å². The van der Waals surface area contributed by atoms with Gasteiger partial charge in [-0.1, -0.05) is 18.2 Å². The molecule has 1 amide bonds. The molecule has 3 aromatic carbocycles. The number of nitrogens with zero attached hydrogens (tertiary/aromatic N) is 2. The third-order valence-corrected chi connectivity index (χ3v) is 5.32. The first-order chi connectivity index (χ1) is 17.1. The van der Waals surface area contributed by atoms with Crippen molar-refractivity contribution in [1.29, 1.82) is 0 Å². The summed E-state index contributed by atoms with van der Waals surface area (Å²) in [6.45, 7) is 0.954. The predicted molar refractivity (Wildman–Crippen MR) is 131 cm³/mol. The van der Waals surface area contributed by atoms with Gasteiger partial charge in [0.1, 0.15) is 18.0 Å². The second-order valence-corrected chi connectivity index (χ2v) is 7.91. The van der Waals surface area contributed by atoms with Crippen molar-refractivity contribution < 1.29 is 19.0 Å². The average molecular weight is 469 g/mol. The molecule has 1 aliphatic heterocycles. The van der Waals surface area contributed by atoms with E-state index in [1.54, 1.807) is 30.3 Å². The number of ether oxygens (including phenoxy) is 3. The van der Waals surface area contributed by atoms with E-state index in [9.17, 15) is 9.59 Å². The van der Waals surface area contributed by atoms with E-state index in [1.807, 2.05) is 48.5 Å². The highest BCUT2D eigenvalue weighted by molar-refractivity contribution is 5.90. The highest BCUT2D eigenvalue weighted by Gasteiger charge is 2.14. The largest absolute Gasteiger partial charge is 0.490 e. The Morgan fingerprint density at radius 1 is 0.886 bits per heavy atom. The average Bonchev–Trinajstić information content (AvgIpc) is 3.12. The summed E-state index contributed by atoms with van der Waals surface area (Å²) in [5, 5.41) is 7.17. The fourth-order valence-electron chi connectivity index (χ4n) is 3.61. The number of anilines is 1. The molecule has 4 aromatic rings. The maximum absolute atomic E-state index is 12.6. The fourth-order valence-corrected chi connectivity index (χ4v) is 3.61. The summed E-state index contributed by atoms with van der Waals surface area (Å²) in [6, 6.07) is 25.0. The van der Waals surface area contributed by atoms with E-state index >= 15 is 0 Å². The summed E-state index contributed by atoms with van der Waals surface area (Å²) >= 11 is 0. The van der Waals surface area contributed by atoms with Gasteiger partial charge in [-0.05, 0) is 60.7 Å². The lowest BCUT2D eigenvalue weighted by Gasteiger charge is -2.11. The van der Waals surface area contributed by atoms with Crippen LogP contribution in [-0.2, 0) is 11.3 Å². The highest BCUT2D eigenvalue weighted by Crippen LogP contribution is 2.33. The molecule has 35 heavy (non-hydrogen) atoms. The Kier molecular flexibility index (Phi) is 6.43. The summed E-state index contributed by atoms with van der Waals surface area (Å²) in [6.07, 6.45) is 0.811. The van der Waals surface area contributed by atoms with Crippen molar-refractivity contribution >= 4 is 11.6 Å². The van der Waals surface area contributed by atoms with Gasteiger partial charge in [0, 0.05) is 23.7 Å². The normalized spacial score (nSPS) is 12.5. The van der Waals surface area contributed by atoms with Crippen LogP contribution >= 0.6 is 0 Å². The first-order valence-electron chi connectivity index (χ1n) is 11.2. The second kappa shape index (κ2) is 10.1. The van der Waals surface area contributed by atoms with Gasteiger partial charge in [-0.3, -0.25) is 9.59 Å². The summed E-state index contributed by atoms with van der Waals surface area (Å²) in [5.41, 5.74) is 1.53. The van der Waals surface area contributed by atoms with Crippen LogP contribution in [0.25, 0.3) is 11.3 Å². The molecule has 0 spiro atoms. The van der Waals surface area contributed by atoms with Gasteiger partial charge in [0.05, 0.1) is 18.9 Å². The number of para-hydroxylation sites is 1. The third-order valence-electron chi connectivity index (χ3n) is 5.32. The molecule has 0 fully saturated rings. The molecular formula is C27H23N3O5. The van der Waals surface area contributed by atoms with Gasteiger partial charge in [-0.2, -0.15) is 5.10 Å². The maximum Gasteiger partial charge on any atom is 0.267 e. The molecule has 0 bridgehead atoms. The summed E-state index contributed by atoms with van der Waals surface area (Å²) in [4.78, 5) is 25.0. The van der Waals surface area contributed by atoms with E-state index in [1.165, 1.54) is 6.07 Å². The van der Waals surface area contributed by atoms with E-state index in [4.69, 9.17) is 14.2 Å². The zero-order chi connectivity index (χ0) is 24.0. The van der Waals surface area contributed by atoms with Crippen LogP contribution in [0.5, 0.6) is 23.0 Å². The van der Waals surface area contributed by atoms with Gasteiger partial charge < -0.3 is 19.5 Å². The van der Waals surface area contributed by atoms with Crippen molar-refractivity contribution in [2.75, 3.05) is 18.5 Å². The van der Waals surface area contributed by atoms with Crippen LogP contribution in [0.1, 0.15) is 6.42 Å². The first-order valence-corrected chi connectivity index (χ1v) is 11.2. The smallest absolute Gasteiger partial charge is 0.267 e. The van der Waals surface area contributed by atoms with Crippen LogP contribution in [0.3, 0.4) is 0 Å². The lowest BCUT2D eigenvalue weighted by molar-refractivity contribution is -0.117. The molecule has 1 N–H and O–H groups in total. The number of benzene rings is 3. The molecule has 8 nitrogen and oxygen atoms in total. The number of hydrogen-bond donors (Lipinski definition) is 1. The van der Waals surface area contributed by atoms with Gasteiger partial charge in [0.15, 0.2) is 11.5 Å². The molecule has 0 saturated carbocycles. The fraction of sp³-hybridized carbons (Fsp3) is 0.148. The quantitative estimate of drug-likeness (QED) is 0.447. The highest BCUT2D eigenvalue weighted by atomic mass is 16.5. The van der Waals surface area contributed by atoms with Crippen molar-refractivity contribution in [3.05, 3.63) is 95.3 Å². The summed E-state index contributed by atoms with van der Waals surface area (Å²) in [5.74, 6) is 2.32. The van der Waals surface area contributed by atoms with E-state index in [0.29, 0.717) is 41.8 Å². The number of rotatable bonds is 6. The Hall–Kier alpha value is -4.59. The van der Waals surface area contributed by atoms with E-state index in [2.05, 4.69) is 10.4 Å². The number of amides is 1. The molecule has 0 saturated heterocycles. The molecular weight excluding hydrogens is 446 g/mol. The van der Waals surface area contributed by atoms with Crippen LogP contribution in [0.4, 0.5) is 5.69 Å². The monoisotopic (exact) mass is 469 g/mol. The summed E-state index contributed by atoms with van der Waals surface area (Å²) < 4.78 is 18.3. The van der Waals surface area contributed by atoms with Gasteiger partial charge in [-0.15, -0.1) is 0 Å². The molecule has 0 unspecified atom stereocenters. The molecule has 1 aromatic heterocycles. The number of carbonyl (C=O) groups is 1. The van der Waals surface area contributed by atoms with E-state index in [0.717, 1.165) is 22.4 Å². The van der Waals surface area contributed by atoms with E-state index in [-0.39, 0.29) is 18.0 Å². The van der Waals surface area contributed by atoms with Crippen molar-refractivity contribution in [3.8, 4) is 34.3 Å². The summed E-state index contributed by atoms with van der Waals surface area (Å²) in [7, 11) is 0. The SMILES string of the molecule is O=C(Cn1nc(-c2ccc3c(c2)OCCCO3)ccc1=O)Nc1ccc(Oc2ccccc2)cc1. The Morgan fingerprint density at radius 2 is 1.63 bits per heavy atom. The van der Waals surface area contributed by atoms with Crippen LogP contribution < -0.4 is 25.1 Å². The Morgan fingerprint density at radius 3 is 2.43 bits per heavy atom. The van der Waals surface area contributed by atoms with Gasteiger partial charge in [-0.25, -0.2) is 4.68 Å². The maximum atomic E-state index is 12.6. The number of hydrogen-bond acceptors (Lipinski definition) is 6. The molecule has 176 valence electrons. The van der Waals surface area contributed by atoms with Crippen LogP contribution in [0, 0.1) is 0 Å². The zero-order valence-electron chi connectivity index (χ0n) is 18.8. The Labute approximate surface area is 201 Å². The van der Waals surface area contributed by atoms with Crippen molar-refractivity contribution in [2.24, 2.45) is 0 Å². The minimum absolute atomic E-state index is 0.223. The standard InChI is InChI=1S/C27H23N3O5/c31-26(28-20-8-10-22(11-9-20)35-21-5-2-1-3-6-21)18-30-27(32)14-12-23(29-30)19-7-13-24-25(17-19)34-16-4-15-33-24/h1-3,5-14,17H,4,15-16,18H2,(H,28,31). The molecule has 8 heteroatoms. The molecule has 0 radical (unpaired) electrons. The van der Waals surface area contributed by atoms with E-state index < -0.39 is 0 Å². The Balaban J connectivity index is 1.26. The van der Waals surface area contributed by atoms with Gasteiger partial charge in [0.2, 0.25) is 5.91 Å².